The highest BCUT2D eigenvalue weighted by Gasteiger charge is 2.18. The Morgan fingerprint density at radius 3 is 2.75 bits per heavy atom. The van der Waals surface area contributed by atoms with Crippen LogP contribution in [0.5, 0.6) is 0 Å². The summed E-state index contributed by atoms with van der Waals surface area (Å²) in [5.74, 6) is 2.57. The van der Waals surface area contributed by atoms with Gasteiger partial charge in [0, 0.05) is 17.7 Å². The Labute approximate surface area is 55.4 Å². The van der Waals surface area contributed by atoms with Crippen LogP contribution in [0, 0.1) is 0 Å². The molecule has 0 spiro atoms. The van der Waals surface area contributed by atoms with E-state index in [-0.39, 0.29) is 0 Å². The molecule has 0 aromatic rings. The van der Waals surface area contributed by atoms with Gasteiger partial charge in [0.1, 0.15) is 0 Å². The summed E-state index contributed by atoms with van der Waals surface area (Å²) >= 11 is 2.04. The first kappa shape index (κ1) is 6.43. The van der Waals surface area contributed by atoms with Crippen molar-refractivity contribution in [2.75, 3.05) is 18.7 Å². The van der Waals surface area contributed by atoms with Crippen LogP contribution < -0.4 is 0 Å². The number of hydrogen-bond donors (Lipinski definition) is 0. The summed E-state index contributed by atoms with van der Waals surface area (Å²) < 4.78 is 0. The Bertz CT molecular complexity index is 74.9. The van der Waals surface area contributed by atoms with Gasteiger partial charge in [-0.15, -0.1) is 11.8 Å². The molecule has 0 aromatic carbocycles. The fraction of sp³-hybridized carbons (Fsp3) is 1.00. The molecule has 1 unspecified atom stereocenters. The van der Waals surface area contributed by atoms with Gasteiger partial charge in [0.05, 0.1) is 0 Å². The third-order valence-corrected chi connectivity index (χ3v) is 2.91. The lowest BCUT2D eigenvalue weighted by atomic mass is 10.2. The summed E-state index contributed by atoms with van der Waals surface area (Å²) in [5.41, 5.74) is 0. The van der Waals surface area contributed by atoms with Gasteiger partial charge in [-0.25, -0.2) is 0 Å². The zero-order chi connectivity index (χ0) is 5.98. The first-order chi connectivity index (χ1) is 3.84. The quantitative estimate of drug-likeness (QED) is 0.529. The molecule has 1 aliphatic rings. The summed E-state index contributed by atoms with van der Waals surface area (Å²) in [5, 5.41) is 0. The van der Waals surface area contributed by atoms with Gasteiger partial charge in [0.15, 0.2) is 0 Å². The summed E-state index contributed by atoms with van der Waals surface area (Å²) in [6.45, 7) is 2.26. The van der Waals surface area contributed by atoms with Gasteiger partial charge in [-0.05, 0) is 13.5 Å². The average molecular weight is 131 g/mol. The van der Waals surface area contributed by atoms with E-state index in [1.165, 1.54) is 18.1 Å². The smallest absolute Gasteiger partial charge is 0.0445 e. The van der Waals surface area contributed by atoms with Gasteiger partial charge in [-0.3, -0.25) is 4.90 Å². The van der Waals surface area contributed by atoms with Crippen molar-refractivity contribution < 1.29 is 0 Å². The van der Waals surface area contributed by atoms with Crippen molar-refractivity contribution >= 4 is 11.8 Å². The van der Waals surface area contributed by atoms with Crippen molar-refractivity contribution in [3.05, 3.63) is 0 Å². The zero-order valence-electron chi connectivity index (χ0n) is 5.55. The van der Waals surface area contributed by atoms with Crippen LogP contribution in [0.2, 0.25) is 0 Å². The fourth-order valence-corrected chi connectivity index (χ4v) is 2.36. The molecule has 48 valence electrons. The lowest BCUT2D eigenvalue weighted by molar-refractivity contribution is 0.316. The van der Waals surface area contributed by atoms with Crippen LogP contribution in [-0.2, 0) is 0 Å². The van der Waals surface area contributed by atoms with E-state index in [4.69, 9.17) is 0 Å². The Hall–Kier alpha value is 0.310. The normalized spacial score (nSPS) is 31.5. The standard InChI is InChI=1S/C6H13NS/c1-3-6-4-8-5-7(6)2/h6H,3-5H2,1-2H3. The molecule has 0 bridgehead atoms. The van der Waals surface area contributed by atoms with Gasteiger partial charge < -0.3 is 0 Å². The van der Waals surface area contributed by atoms with E-state index in [0.29, 0.717) is 0 Å². The number of nitrogens with zero attached hydrogens (tertiary/aromatic N) is 1. The molecule has 2 heteroatoms. The molecule has 1 atom stereocenters. The van der Waals surface area contributed by atoms with Crippen LogP contribution in [0.25, 0.3) is 0 Å². The monoisotopic (exact) mass is 131 g/mol. The van der Waals surface area contributed by atoms with Crippen LogP contribution in [-0.4, -0.2) is 29.6 Å². The first-order valence-corrected chi connectivity index (χ1v) is 4.28. The van der Waals surface area contributed by atoms with Crippen LogP contribution in [0.1, 0.15) is 13.3 Å². The van der Waals surface area contributed by atoms with E-state index in [2.05, 4.69) is 18.9 Å². The molecule has 0 aliphatic carbocycles. The molecule has 0 radical (unpaired) electrons. The average Bonchev–Trinajstić information content (AvgIpc) is 2.14. The predicted octanol–water partition coefficient (Wildman–Crippen LogP) is 1.40. The maximum atomic E-state index is 2.42. The number of rotatable bonds is 1. The zero-order valence-corrected chi connectivity index (χ0v) is 6.37. The molecule has 1 saturated heterocycles. The first-order valence-electron chi connectivity index (χ1n) is 3.12. The molecule has 0 N–H and O–H groups in total. The van der Waals surface area contributed by atoms with Gasteiger partial charge in [0.2, 0.25) is 0 Å². The molecule has 1 nitrogen and oxygen atoms in total. The summed E-state index contributed by atoms with van der Waals surface area (Å²) in [7, 11) is 2.20. The van der Waals surface area contributed by atoms with Crippen LogP contribution in [0.4, 0.5) is 0 Å². The van der Waals surface area contributed by atoms with E-state index in [9.17, 15) is 0 Å². The van der Waals surface area contributed by atoms with Crippen molar-refractivity contribution in [2.24, 2.45) is 0 Å². The minimum absolute atomic E-state index is 0.861. The van der Waals surface area contributed by atoms with Crippen molar-refractivity contribution in [1.29, 1.82) is 0 Å². The molecular weight excluding hydrogens is 118 g/mol. The van der Waals surface area contributed by atoms with Crippen LogP contribution in [0.15, 0.2) is 0 Å². The molecule has 8 heavy (non-hydrogen) atoms. The molecule has 0 amide bonds. The van der Waals surface area contributed by atoms with Gasteiger partial charge in [0.25, 0.3) is 0 Å². The lowest BCUT2D eigenvalue weighted by Gasteiger charge is -2.14. The van der Waals surface area contributed by atoms with Crippen molar-refractivity contribution in [2.45, 2.75) is 19.4 Å². The maximum absolute atomic E-state index is 2.42. The van der Waals surface area contributed by atoms with E-state index in [1.54, 1.807) is 0 Å². The maximum Gasteiger partial charge on any atom is 0.0445 e. The fourth-order valence-electron chi connectivity index (χ4n) is 0.995. The third-order valence-electron chi connectivity index (χ3n) is 1.70. The summed E-state index contributed by atoms with van der Waals surface area (Å²) in [6.07, 6.45) is 1.31. The largest absolute Gasteiger partial charge is 0.293 e. The Kier molecular flexibility index (Phi) is 2.20. The van der Waals surface area contributed by atoms with Crippen LogP contribution in [0.3, 0.4) is 0 Å². The predicted molar refractivity (Wildman–Crippen MR) is 39.2 cm³/mol. The second-order valence-corrected chi connectivity index (χ2v) is 3.32. The molecule has 1 rings (SSSR count). The topological polar surface area (TPSA) is 3.24 Å². The van der Waals surface area contributed by atoms with Crippen molar-refractivity contribution in [3.8, 4) is 0 Å². The minimum Gasteiger partial charge on any atom is -0.293 e. The SMILES string of the molecule is CCC1CSCN1C. The summed E-state index contributed by atoms with van der Waals surface area (Å²) in [6, 6.07) is 0.861. The van der Waals surface area contributed by atoms with Crippen molar-refractivity contribution in [1.82, 2.24) is 4.90 Å². The molecule has 1 heterocycles. The van der Waals surface area contributed by atoms with Gasteiger partial charge >= 0.3 is 0 Å². The highest BCUT2D eigenvalue weighted by Crippen LogP contribution is 2.19. The van der Waals surface area contributed by atoms with E-state index in [1.807, 2.05) is 11.8 Å². The summed E-state index contributed by atoms with van der Waals surface area (Å²) in [4.78, 5) is 2.42. The minimum atomic E-state index is 0.861. The van der Waals surface area contributed by atoms with Crippen molar-refractivity contribution in [3.63, 3.8) is 0 Å². The Morgan fingerprint density at radius 2 is 2.50 bits per heavy atom. The second-order valence-electron chi connectivity index (χ2n) is 2.32. The molecule has 0 saturated carbocycles. The number of thioether (sulfide) groups is 1. The molecule has 0 aromatic heterocycles. The molecular formula is C6H13NS. The Morgan fingerprint density at radius 1 is 1.75 bits per heavy atom. The molecule has 1 aliphatic heterocycles. The Balaban J connectivity index is 2.30. The second kappa shape index (κ2) is 2.74. The highest BCUT2D eigenvalue weighted by molar-refractivity contribution is 7.99. The number of hydrogen-bond acceptors (Lipinski definition) is 2. The van der Waals surface area contributed by atoms with Gasteiger partial charge in [-0.2, -0.15) is 0 Å². The van der Waals surface area contributed by atoms with E-state index in [0.717, 1.165) is 6.04 Å². The lowest BCUT2D eigenvalue weighted by Crippen LogP contribution is -2.25. The highest BCUT2D eigenvalue weighted by atomic mass is 32.2. The van der Waals surface area contributed by atoms with E-state index < -0.39 is 0 Å². The molecule has 1 fully saturated rings. The van der Waals surface area contributed by atoms with Crippen LogP contribution >= 0.6 is 11.8 Å². The third kappa shape index (κ3) is 1.17. The van der Waals surface area contributed by atoms with E-state index >= 15 is 0 Å². The van der Waals surface area contributed by atoms with Gasteiger partial charge in [-0.1, -0.05) is 6.92 Å².